The number of hydrogen-bond donors (Lipinski definition) is 2. The van der Waals surface area contributed by atoms with Crippen molar-refractivity contribution in [1.82, 2.24) is 4.98 Å². The zero-order chi connectivity index (χ0) is 52.3. The Balaban J connectivity index is 0.00000261. The number of hydrogen-bond acceptors (Lipinski definition) is 3. The van der Waals surface area contributed by atoms with Gasteiger partial charge in [0.05, 0.1) is 27.5 Å². The molecule has 4 aromatic carbocycles. The van der Waals surface area contributed by atoms with Crippen molar-refractivity contribution in [2.24, 2.45) is 58.2 Å². The van der Waals surface area contributed by atoms with Gasteiger partial charge in [-0.15, -0.1) is 0 Å². The number of benzene rings is 4. The molecule has 2 N–H and O–H groups in total. The molecular formula is C71H99NO2Si2Zr. The van der Waals surface area contributed by atoms with E-state index in [-0.39, 0.29) is 51.9 Å². The molecule has 1 heterocycles. The first kappa shape index (κ1) is 60.1. The van der Waals surface area contributed by atoms with Gasteiger partial charge in [0, 0.05) is 33.4 Å². The van der Waals surface area contributed by atoms with Crippen molar-refractivity contribution in [3.8, 4) is 56.3 Å². The summed E-state index contributed by atoms with van der Waals surface area (Å²) in [5.74, 6) is 7.01. The number of aromatic hydroxyl groups is 2. The summed E-state index contributed by atoms with van der Waals surface area (Å²) in [5, 5.41) is 29.1. The van der Waals surface area contributed by atoms with E-state index in [1.807, 2.05) is 0 Å². The Morgan fingerprint density at radius 2 is 0.766 bits per heavy atom. The zero-order valence-electron chi connectivity index (χ0n) is 50.4. The fourth-order valence-corrected chi connectivity index (χ4v) is 25.4. The second kappa shape index (κ2) is 22.0. The van der Waals surface area contributed by atoms with E-state index in [0.29, 0.717) is 34.2 Å². The normalized spacial score (nSPS) is 27.1. The summed E-state index contributed by atoms with van der Waals surface area (Å²) in [6.45, 7) is 29.7. The summed E-state index contributed by atoms with van der Waals surface area (Å²) < 4.78 is 0. The Bertz CT molecular complexity index is 2660. The van der Waals surface area contributed by atoms with Crippen LogP contribution in [0.15, 0.2) is 91.0 Å². The van der Waals surface area contributed by atoms with Gasteiger partial charge < -0.3 is 25.1 Å². The number of aromatic nitrogens is 1. The monoisotopic (exact) mass is 1140 g/mol. The predicted octanol–water partition coefficient (Wildman–Crippen LogP) is 19.0. The molecule has 1 aromatic heterocycles. The average Bonchev–Trinajstić information content (AvgIpc) is 3.29. The Kier molecular flexibility index (Phi) is 17.2. The van der Waals surface area contributed by atoms with E-state index in [4.69, 9.17) is 4.98 Å². The Labute approximate surface area is 490 Å². The summed E-state index contributed by atoms with van der Waals surface area (Å²) in [5.41, 5.74) is 11.3. The van der Waals surface area contributed by atoms with Crippen LogP contribution in [-0.4, -0.2) is 31.3 Å². The van der Waals surface area contributed by atoms with Crippen LogP contribution in [0.5, 0.6) is 11.5 Å². The summed E-state index contributed by atoms with van der Waals surface area (Å²) in [6, 6.07) is 36.6. The van der Waals surface area contributed by atoms with Gasteiger partial charge in [0.15, 0.2) is 0 Å². The van der Waals surface area contributed by atoms with E-state index in [9.17, 15) is 10.2 Å². The number of nitrogens with zero attached hydrogens (tertiary/aromatic N) is 1. The summed E-state index contributed by atoms with van der Waals surface area (Å²) in [4.78, 5) is 5.64. The predicted molar refractivity (Wildman–Crippen MR) is 332 cm³/mol. The summed E-state index contributed by atoms with van der Waals surface area (Å²) in [6.07, 6.45) is 18.1. The SMILES string of the molecule is CC(CC(C)(C)C)C[Si](C)(C)c1cc(-c2ccccc2-c2cccc(-c3ccccc3-c3cc([Si](C)(C)CC(C)CC(C)(C)C)cc(C45CC6CC(CC(C6)C4)C5)c3O)n2)c(O)c(C23CC4CC(CC(C4)C2)C3)c1.[CH3-].[CH3-].[Zr+2]. The smallest absolute Gasteiger partial charge is 0.507 e. The average molecular weight is 1150 g/mol. The molecule has 13 rings (SSSR count). The maximum Gasteiger partial charge on any atom is 2.00 e. The number of phenols is 2. The molecule has 2 unspecified atom stereocenters. The third-order valence-electron chi connectivity index (χ3n) is 20.4. The molecule has 0 amide bonds. The van der Waals surface area contributed by atoms with Gasteiger partial charge in [-0.1, -0.05) is 183 Å². The number of phenolic OH excluding ortho intramolecular Hbond substituents is 2. The number of pyridine rings is 1. The minimum Gasteiger partial charge on any atom is -0.507 e. The zero-order valence-corrected chi connectivity index (χ0v) is 54.9. The molecular weight excluding hydrogens is 1050 g/mol. The molecule has 8 bridgehead atoms. The van der Waals surface area contributed by atoms with Crippen LogP contribution in [0.3, 0.4) is 0 Å². The third kappa shape index (κ3) is 12.0. The Hall–Kier alpha value is -3.05. The van der Waals surface area contributed by atoms with Gasteiger partial charge in [-0.05, 0) is 182 Å². The van der Waals surface area contributed by atoms with Crippen LogP contribution in [-0.2, 0) is 37.0 Å². The molecule has 8 aliphatic rings. The van der Waals surface area contributed by atoms with E-state index in [1.165, 1.54) is 123 Å². The quantitative estimate of drug-likeness (QED) is 0.0861. The van der Waals surface area contributed by atoms with Crippen LogP contribution in [0.2, 0.25) is 38.3 Å². The minimum atomic E-state index is -1.97. The largest absolute Gasteiger partial charge is 2.00 e. The van der Waals surface area contributed by atoms with Crippen molar-refractivity contribution in [3.63, 3.8) is 0 Å². The molecule has 0 saturated heterocycles. The fourth-order valence-electron chi connectivity index (χ4n) is 19.0. The van der Waals surface area contributed by atoms with Crippen molar-refractivity contribution < 1.29 is 36.4 Å². The molecule has 8 fully saturated rings. The molecule has 2 atom stereocenters. The standard InChI is InChI=1S/C69H93NO2Si2.2CH3.Zr/c1-44(34-66(3,4)5)42-73(9,10)52-30-58(64(71)60(32-52)68-36-46-24-47(37-68)26-48(25-46)38-68)54-18-13-15-20-56(54)62-22-17-23-63(70-62)57-21-16-14-19-55(57)59-31-53(74(11,12)43-45(2)35-67(6,7)8)33-61(65(59)72)69-39-49-27-50(40-69)29-51(28-49)41-69;;;/h13-23,30-33,44-51,71-72H,24-29,34-43H2,1-12H3;2*1H3;/q;2*-1;+2. The molecule has 8 saturated carbocycles. The number of rotatable bonds is 14. The topological polar surface area (TPSA) is 53.4 Å². The molecule has 0 spiro atoms. The van der Waals surface area contributed by atoms with Crippen molar-refractivity contribution in [1.29, 1.82) is 0 Å². The first-order valence-electron chi connectivity index (χ1n) is 29.8. The van der Waals surface area contributed by atoms with E-state index >= 15 is 0 Å². The first-order chi connectivity index (χ1) is 34.8. The van der Waals surface area contributed by atoms with Gasteiger partial charge in [0.2, 0.25) is 0 Å². The van der Waals surface area contributed by atoms with Crippen molar-refractivity contribution in [2.45, 2.75) is 194 Å². The maximum absolute atomic E-state index is 13.1. The van der Waals surface area contributed by atoms with Crippen LogP contribution in [0.1, 0.15) is 156 Å². The molecule has 3 nitrogen and oxygen atoms in total. The van der Waals surface area contributed by atoms with Crippen LogP contribution in [0.25, 0.3) is 44.8 Å². The van der Waals surface area contributed by atoms with Crippen LogP contribution < -0.4 is 10.4 Å². The fraction of sp³-hybridized carbons (Fsp3) is 0.563. The van der Waals surface area contributed by atoms with Gasteiger partial charge in [-0.2, -0.15) is 0 Å². The summed E-state index contributed by atoms with van der Waals surface area (Å²) in [7, 11) is -3.94. The van der Waals surface area contributed by atoms with Gasteiger partial charge in [0.25, 0.3) is 0 Å². The van der Waals surface area contributed by atoms with Crippen LogP contribution in [0.4, 0.5) is 0 Å². The molecule has 0 radical (unpaired) electrons. The van der Waals surface area contributed by atoms with Crippen molar-refractivity contribution >= 4 is 26.5 Å². The van der Waals surface area contributed by atoms with Crippen molar-refractivity contribution in [2.75, 3.05) is 0 Å². The van der Waals surface area contributed by atoms with E-state index in [0.717, 1.165) is 80.3 Å². The van der Waals surface area contributed by atoms with Gasteiger partial charge in [-0.25, -0.2) is 4.98 Å². The van der Waals surface area contributed by atoms with Crippen LogP contribution >= 0.6 is 0 Å². The van der Waals surface area contributed by atoms with Gasteiger partial charge in [0.1, 0.15) is 11.5 Å². The van der Waals surface area contributed by atoms with Crippen LogP contribution in [0, 0.1) is 73.0 Å². The maximum atomic E-state index is 13.1. The molecule has 412 valence electrons. The molecule has 6 heteroatoms. The summed E-state index contributed by atoms with van der Waals surface area (Å²) >= 11 is 0. The van der Waals surface area contributed by atoms with Gasteiger partial charge in [-0.3, -0.25) is 0 Å². The Morgan fingerprint density at radius 1 is 0.468 bits per heavy atom. The molecule has 77 heavy (non-hydrogen) atoms. The molecule has 0 aliphatic heterocycles. The molecule has 8 aliphatic carbocycles. The first-order valence-corrected chi connectivity index (χ1v) is 36.2. The Morgan fingerprint density at radius 3 is 1.06 bits per heavy atom. The van der Waals surface area contributed by atoms with Gasteiger partial charge >= 0.3 is 26.2 Å². The van der Waals surface area contributed by atoms with Crippen molar-refractivity contribution in [3.05, 3.63) is 117 Å². The molecule has 5 aromatic rings. The third-order valence-corrected chi connectivity index (χ3v) is 27.5. The van der Waals surface area contributed by atoms with E-state index in [2.05, 4.69) is 173 Å². The minimum absolute atomic E-state index is 0. The van der Waals surface area contributed by atoms with E-state index in [1.54, 1.807) is 0 Å². The second-order valence-corrected chi connectivity index (χ2v) is 40.2. The van der Waals surface area contributed by atoms with E-state index < -0.39 is 16.1 Å². The second-order valence-electron chi connectivity index (χ2n) is 30.7.